The fraction of sp³-hybridized carbons (Fsp3) is 0.625. The first kappa shape index (κ1) is 12.6. The van der Waals surface area contributed by atoms with Gasteiger partial charge in [-0.05, 0) is 20.0 Å². The summed E-state index contributed by atoms with van der Waals surface area (Å²) in [4.78, 5) is 4.80. The lowest BCUT2D eigenvalue weighted by Gasteiger charge is -2.04. The van der Waals surface area contributed by atoms with E-state index in [1.807, 2.05) is 0 Å². The van der Waals surface area contributed by atoms with Gasteiger partial charge in [-0.3, -0.25) is 4.98 Å². The molecule has 0 amide bonds. The first-order chi connectivity index (χ1) is 7.14. The highest BCUT2D eigenvalue weighted by atomic mass is 32.2. The van der Waals surface area contributed by atoms with Crippen molar-refractivity contribution in [2.24, 2.45) is 0 Å². The Balaban J connectivity index is 2.30. The number of thiazole rings is 1. The van der Waals surface area contributed by atoms with E-state index >= 15 is 0 Å². The van der Waals surface area contributed by atoms with E-state index in [2.05, 4.69) is 15.0 Å². The zero-order chi connectivity index (χ0) is 11.1. The van der Waals surface area contributed by atoms with Gasteiger partial charge in [-0.2, -0.15) is 0 Å². The SMILES string of the molecule is CNCCCS(=O)(=O)NCc1cncs1. The van der Waals surface area contributed by atoms with Crippen molar-refractivity contribution in [2.75, 3.05) is 19.3 Å². The van der Waals surface area contributed by atoms with Crippen LogP contribution in [0, 0.1) is 0 Å². The molecule has 0 fully saturated rings. The maximum atomic E-state index is 11.4. The van der Waals surface area contributed by atoms with Gasteiger partial charge in [0, 0.05) is 17.6 Å². The normalized spacial score (nSPS) is 11.8. The topological polar surface area (TPSA) is 71.1 Å². The molecule has 2 N–H and O–H groups in total. The maximum absolute atomic E-state index is 11.4. The Kier molecular flexibility index (Phi) is 5.16. The van der Waals surface area contributed by atoms with Crippen molar-refractivity contribution in [1.82, 2.24) is 15.0 Å². The standard InChI is InChI=1S/C8H15N3O2S2/c1-9-3-2-4-15(12,13)11-6-8-5-10-7-14-8/h5,7,9,11H,2-4,6H2,1H3. The Hall–Kier alpha value is -0.500. The van der Waals surface area contributed by atoms with Crippen molar-refractivity contribution < 1.29 is 8.42 Å². The van der Waals surface area contributed by atoms with Gasteiger partial charge in [0.1, 0.15) is 0 Å². The van der Waals surface area contributed by atoms with Gasteiger partial charge < -0.3 is 5.32 Å². The molecule has 0 unspecified atom stereocenters. The number of hydrogen-bond donors (Lipinski definition) is 2. The van der Waals surface area contributed by atoms with Crippen molar-refractivity contribution in [2.45, 2.75) is 13.0 Å². The molecule has 0 radical (unpaired) electrons. The van der Waals surface area contributed by atoms with Gasteiger partial charge in [0.2, 0.25) is 10.0 Å². The van der Waals surface area contributed by atoms with Crippen LogP contribution in [0.15, 0.2) is 11.7 Å². The summed E-state index contributed by atoms with van der Waals surface area (Å²) in [6.07, 6.45) is 2.29. The van der Waals surface area contributed by atoms with Crippen molar-refractivity contribution in [3.63, 3.8) is 0 Å². The molecule has 0 bridgehead atoms. The summed E-state index contributed by atoms with van der Waals surface area (Å²) in [5.74, 6) is 0.159. The van der Waals surface area contributed by atoms with Crippen molar-refractivity contribution in [1.29, 1.82) is 0 Å². The highest BCUT2D eigenvalue weighted by Gasteiger charge is 2.09. The lowest BCUT2D eigenvalue weighted by atomic mass is 10.5. The first-order valence-electron chi connectivity index (χ1n) is 4.63. The molecule has 5 nitrogen and oxygen atoms in total. The van der Waals surface area contributed by atoms with Gasteiger partial charge in [-0.1, -0.05) is 0 Å². The first-order valence-corrected chi connectivity index (χ1v) is 7.16. The average molecular weight is 249 g/mol. The Morgan fingerprint density at radius 2 is 2.33 bits per heavy atom. The summed E-state index contributed by atoms with van der Waals surface area (Å²) in [7, 11) is -1.34. The number of aromatic nitrogens is 1. The van der Waals surface area contributed by atoms with Crippen LogP contribution in [0.5, 0.6) is 0 Å². The van der Waals surface area contributed by atoms with E-state index in [0.717, 1.165) is 4.88 Å². The second kappa shape index (κ2) is 6.16. The molecule has 7 heteroatoms. The highest BCUT2D eigenvalue weighted by Crippen LogP contribution is 2.05. The predicted molar refractivity (Wildman–Crippen MR) is 61.3 cm³/mol. The number of rotatable bonds is 7. The van der Waals surface area contributed by atoms with Crippen LogP contribution in [0.2, 0.25) is 0 Å². The van der Waals surface area contributed by atoms with Gasteiger partial charge in [-0.25, -0.2) is 13.1 Å². The molecule has 1 aromatic rings. The second-order valence-corrected chi connectivity index (χ2v) is 5.96. The second-order valence-electron chi connectivity index (χ2n) is 3.06. The molecule has 0 aliphatic carbocycles. The lowest BCUT2D eigenvalue weighted by Crippen LogP contribution is -2.27. The van der Waals surface area contributed by atoms with E-state index in [1.165, 1.54) is 11.3 Å². The third-order valence-electron chi connectivity index (χ3n) is 1.79. The third kappa shape index (κ3) is 5.22. The van der Waals surface area contributed by atoms with Gasteiger partial charge in [0.25, 0.3) is 0 Å². The van der Waals surface area contributed by atoms with Crippen LogP contribution in [0.4, 0.5) is 0 Å². The maximum Gasteiger partial charge on any atom is 0.211 e. The van der Waals surface area contributed by atoms with E-state index in [4.69, 9.17) is 0 Å². The summed E-state index contributed by atoms with van der Waals surface area (Å²) >= 11 is 1.44. The molecule has 0 aliphatic heterocycles. The molecule has 0 atom stereocenters. The molecular weight excluding hydrogens is 234 g/mol. The van der Waals surface area contributed by atoms with E-state index in [9.17, 15) is 8.42 Å². The Bertz CT molecular complexity index is 361. The summed E-state index contributed by atoms with van der Waals surface area (Å²) < 4.78 is 25.4. The Morgan fingerprint density at radius 1 is 1.53 bits per heavy atom. The minimum atomic E-state index is -3.14. The predicted octanol–water partition coefficient (Wildman–Crippen LogP) is 0.172. The molecule has 15 heavy (non-hydrogen) atoms. The van der Waals surface area contributed by atoms with Crippen molar-refractivity contribution >= 4 is 21.4 Å². The quantitative estimate of drug-likeness (QED) is 0.676. The van der Waals surface area contributed by atoms with Crippen LogP contribution in [0.3, 0.4) is 0 Å². The van der Waals surface area contributed by atoms with Gasteiger partial charge in [0.15, 0.2) is 0 Å². The zero-order valence-corrected chi connectivity index (χ0v) is 10.2. The molecule has 0 saturated heterocycles. The van der Waals surface area contributed by atoms with Gasteiger partial charge in [0.05, 0.1) is 11.3 Å². The fourth-order valence-electron chi connectivity index (χ4n) is 1.02. The minimum Gasteiger partial charge on any atom is -0.320 e. The Morgan fingerprint density at radius 3 is 2.93 bits per heavy atom. The highest BCUT2D eigenvalue weighted by molar-refractivity contribution is 7.89. The van der Waals surface area contributed by atoms with Crippen LogP contribution in [0.1, 0.15) is 11.3 Å². The summed E-state index contributed by atoms with van der Waals surface area (Å²) in [6, 6.07) is 0. The fourth-order valence-corrected chi connectivity index (χ4v) is 2.69. The summed E-state index contributed by atoms with van der Waals surface area (Å²) in [5.41, 5.74) is 1.69. The van der Waals surface area contributed by atoms with Crippen molar-refractivity contribution in [3.05, 3.63) is 16.6 Å². The zero-order valence-electron chi connectivity index (χ0n) is 8.56. The van der Waals surface area contributed by atoms with Crippen molar-refractivity contribution in [3.8, 4) is 0 Å². The van der Waals surface area contributed by atoms with Gasteiger partial charge >= 0.3 is 0 Å². The molecule has 86 valence electrons. The molecule has 0 aromatic carbocycles. The molecule has 0 aliphatic rings. The molecule has 0 saturated carbocycles. The largest absolute Gasteiger partial charge is 0.320 e. The molecule has 1 heterocycles. The van der Waals surface area contributed by atoms with E-state index < -0.39 is 10.0 Å². The molecule has 1 rings (SSSR count). The van der Waals surface area contributed by atoms with Crippen LogP contribution >= 0.6 is 11.3 Å². The number of nitrogens with zero attached hydrogens (tertiary/aromatic N) is 1. The molecule has 1 aromatic heterocycles. The van der Waals surface area contributed by atoms with Crippen LogP contribution in [0.25, 0.3) is 0 Å². The number of sulfonamides is 1. The summed E-state index contributed by atoms with van der Waals surface area (Å²) in [6.45, 7) is 1.05. The average Bonchev–Trinajstić information content (AvgIpc) is 2.68. The van der Waals surface area contributed by atoms with E-state index in [-0.39, 0.29) is 5.75 Å². The summed E-state index contributed by atoms with van der Waals surface area (Å²) in [5, 5.41) is 2.91. The van der Waals surface area contributed by atoms with Gasteiger partial charge in [-0.15, -0.1) is 11.3 Å². The molecule has 0 spiro atoms. The number of hydrogen-bond acceptors (Lipinski definition) is 5. The number of nitrogens with one attached hydrogen (secondary N) is 2. The van der Waals surface area contributed by atoms with Crippen LogP contribution in [-0.4, -0.2) is 32.7 Å². The monoisotopic (exact) mass is 249 g/mol. The van der Waals surface area contributed by atoms with E-state index in [0.29, 0.717) is 19.5 Å². The Labute approximate surface area is 94.0 Å². The third-order valence-corrected chi connectivity index (χ3v) is 3.98. The van der Waals surface area contributed by atoms with E-state index in [1.54, 1.807) is 18.8 Å². The lowest BCUT2D eigenvalue weighted by molar-refractivity contribution is 0.577. The minimum absolute atomic E-state index is 0.159. The molecular formula is C8H15N3O2S2. The van der Waals surface area contributed by atoms with Crippen LogP contribution < -0.4 is 10.0 Å². The van der Waals surface area contributed by atoms with Crippen LogP contribution in [-0.2, 0) is 16.6 Å². The smallest absolute Gasteiger partial charge is 0.211 e.